The number of rotatable bonds is 5. The molecule has 3 nitrogen and oxygen atoms in total. The second-order valence-corrected chi connectivity index (χ2v) is 5.88. The zero-order valence-electron chi connectivity index (χ0n) is 11.4. The van der Waals surface area contributed by atoms with Crippen molar-refractivity contribution in [2.45, 2.75) is 32.2 Å². The normalized spacial score (nSPS) is 11.7. The number of thiophene rings is 1. The molecule has 0 saturated heterocycles. The van der Waals surface area contributed by atoms with Crippen molar-refractivity contribution >= 4 is 27.3 Å². The molecule has 0 aliphatic rings. The van der Waals surface area contributed by atoms with Crippen LogP contribution in [0.4, 0.5) is 0 Å². The summed E-state index contributed by atoms with van der Waals surface area (Å²) >= 11 is 1.52. The average molecular weight is 276 g/mol. The summed E-state index contributed by atoms with van der Waals surface area (Å²) in [5.41, 5.74) is 5.53. The molecule has 1 amide bonds. The fourth-order valence-electron chi connectivity index (χ4n) is 2.16. The lowest BCUT2D eigenvalue weighted by Gasteiger charge is -2.31. The Morgan fingerprint density at radius 1 is 1.32 bits per heavy atom. The second kappa shape index (κ2) is 5.72. The van der Waals surface area contributed by atoms with Gasteiger partial charge in [-0.3, -0.25) is 4.79 Å². The zero-order valence-corrected chi connectivity index (χ0v) is 12.2. The quantitative estimate of drug-likeness (QED) is 0.881. The van der Waals surface area contributed by atoms with E-state index in [9.17, 15) is 4.79 Å². The number of benzene rings is 1. The van der Waals surface area contributed by atoms with Crippen molar-refractivity contribution in [3.05, 3.63) is 35.2 Å². The predicted octanol–water partition coefficient (Wildman–Crippen LogP) is 3.15. The SMILES string of the molecule is CCC(CC)(CN)NC(=O)c1cc2ccccc2s1. The van der Waals surface area contributed by atoms with Gasteiger partial charge in [0.2, 0.25) is 0 Å². The number of fused-ring (bicyclic) bond motifs is 1. The molecule has 2 aromatic rings. The standard InChI is InChI=1S/C15H20N2OS/c1-3-15(4-2,10-16)17-14(18)13-9-11-7-5-6-8-12(11)19-13/h5-9H,3-4,10,16H2,1-2H3,(H,17,18). The number of hydrogen-bond donors (Lipinski definition) is 2. The molecular formula is C15H20N2OS. The summed E-state index contributed by atoms with van der Waals surface area (Å²) < 4.78 is 1.14. The van der Waals surface area contributed by atoms with E-state index in [1.165, 1.54) is 11.3 Å². The topological polar surface area (TPSA) is 55.1 Å². The van der Waals surface area contributed by atoms with E-state index in [1.54, 1.807) is 0 Å². The maximum Gasteiger partial charge on any atom is 0.261 e. The van der Waals surface area contributed by atoms with Gasteiger partial charge in [-0.25, -0.2) is 0 Å². The lowest BCUT2D eigenvalue weighted by Crippen LogP contribution is -2.52. The van der Waals surface area contributed by atoms with Crippen LogP contribution in [0.3, 0.4) is 0 Å². The molecule has 102 valence electrons. The molecule has 0 unspecified atom stereocenters. The van der Waals surface area contributed by atoms with Gasteiger partial charge in [0.05, 0.1) is 10.4 Å². The number of hydrogen-bond acceptors (Lipinski definition) is 3. The predicted molar refractivity (Wildman–Crippen MR) is 81.7 cm³/mol. The van der Waals surface area contributed by atoms with E-state index in [1.807, 2.05) is 30.3 Å². The van der Waals surface area contributed by atoms with Gasteiger partial charge in [-0.15, -0.1) is 11.3 Å². The van der Waals surface area contributed by atoms with E-state index in [2.05, 4.69) is 19.2 Å². The third-order valence-electron chi connectivity index (χ3n) is 3.77. The van der Waals surface area contributed by atoms with Gasteiger partial charge in [0.25, 0.3) is 5.91 Å². The first-order valence-corrected chi connectivity index (χ1v) is 7.47. The average Bonchev–Trinajstić information content (AvgIpc) is 2.89. The first-order valence-electron chi connectivity index (χ1n) is 6.65. The van der Waals surface area contributed by atoms with Crippen LogP contribution >= 0.6 is 11.3 Å². The van der Waals surface area contributed by atoms with Gasteiger partial charge < -0.3 is 11.1 Å². The molecule has 0 aliphatic heterocycles. The van der Waals surface area contributed by atoms with Crippen molar-refractivity contribution in [3.63, 3.8) is 0 Å². The smallest absolute Gasteiger partial charge is 0.261 e. The molecule has 0 saturated carbocycles. The Morgan fingerprint density at radius 2 is 2.00 bits per heavy atom. The summed E-state index contributed by atoms with van der Waals surface area (Å²) in [4.78, 5) is 13.1. The van der Waals surface area contributed by atoms with Crippen molar-refractivity contribution in [2.24, 2.45) is 5.73 Å². The molecule has 3 N–H and O–H groups in total. The van der Waals surface area contributed by atoms with Crippen LogP contribution in [0.1, 0.15) is 36.4 Å². The number of carbonyl (C=O) groups excluding carboxylic acids is 1. The van der Waals surface area contributed by atoms with Gasteiger partial charge in [-0.05, 0) is 30.4 Å². The molecule has 2 rings (SSSR count). The molecule has 4 heteroatoms. The lowest BCUT2D eigenvalue weighted by atomic mass is 9.93. The van der Waals surface area contributed by atoms with Crippen LogP contribution in [0.15, 0.2) is 30.3 Å². The second-order valence-electron chi connectivity index (χ2n) is 4.79. The summed E-state index contributed by atoms with van der Waals surface area (Å²) in [5, 5.41) is 4.22. The van der Waals surface area contributed by atoms with E-state index in [4.69, 9.17) is 5.73 Å². The summed E-state index contributed by atoms with van der Waals surface area (Å²) in [7, 11) is 0. The fraction of sp³-hybridized carbons (Fsp3) is 0.400. The van der Waals surface area contributed by atoms with E-state index < -0.39 is 0 Å². The van der Waals surface area contributed by atoms with Crippen LogP contribution in [0.5, 0.6) is 0 Å². The molecule has 1 aromatic carbocycles. The summed E-state index contributed by atoms with van der Waals surface area (Å²) in [6, 6.07) is 9.98. The summed E-state index contributed by atoms with van der Waals surface area (Å²) in [5.74, 6) is -0.0182. The Labute approximate surface area is 117 Å². The Morgan fingerprint density at radius 3 is 2.58 bits per heavy atom. The van der Waals surface area contributed by atoms with Crippen LogP contribution in [0.2, 0.25) is 0 Å². The molecule has 1 aromatic heterocycles. The maximum absolute atomic E-state index is 12.4. The Balaban J connectivity index is 2.24. The zero-order chi connectivity index (χ0) is 13.9. The number of carbonyl (C=O) groups is 1. The highest BCUT2D eigenvalue weighted by Gasteiger charge is 2.27. The van der Waals surface area contributed by atoms with Crippen molar-refractivity contribution < 1.29 is 4.79 Å². The Bertz CT molecular complexity index is 531. The molecule has 19 heavy (non-hydrogen) atoms. The Kier molecular flexibility index (Phi) is 4.22. The number of amides is 1. The van der Waals surface area contributed by atoms with E-state index in [0.29, 0.717) is 6.54 Å². The number of nitrogens with one attached hydrogen (secondary N) is 1. The minimum atomic E-state index is -0.284. The third-order valence-corrected chi connectivity index (χ3v) is 4.89. The fourth-order valence-corrected chi connectivity index (χ4v) is 3.12. The summed E-state index contributed by atoms with van der Waals surface area (Å²) in [6.07, 6.45) is 1.69. The van der Waals surface area contributed by atoms with Gasteiger partial charge in [0.1, 0.15) is 0 Å². The van der Waals surface area contributed by atoms with E-state index in [0.717, 1.165) is 27.8 Å². The van der Waals surface area contributed by atoms with Crippen LogP contribution in [-0.4, -0.2) is 18.0 Å². The highest BCUT2D eigenvalue weighted by atomic mass is 32.1. The molecule has 1 heterocycles. The maximum atomic E-state index is 12.4. The minimum Gasteiger partial charge on any atom is -0.345 e. The van der Waals surface area contributed by atoms with Crippen LogP contribution in [0, 0.1) is 0 Å². The van der Waals surface area contributed by atoms with Crippen molar-refractivity contribution in [1.82, 2.24) is 5.32 Å². The van der Waals surface area contributed by atoms with Gasteiger partial charge in [-0.1, -0.05) is 32.0 Å². The van der Waals surface area contributed by atoms with Crippen molar-refractivity contribution in [2.75, 3.05) is 6.54 Å². The van der Waals surface area contributed by atoms with Crippen LogP contribution in [0.25, 0.3) is 10.1 Å². The summed E-state index contributed by atoms with van der Waals surface area (Å²) in [6.45, 7) is 4.58. The molecule has 0 bridgehead atoms. The highest BCUT2D eigenvalue weighted by molar-refractivity contribution is 7.20. The first kappa shape index (κ1) is 14.0. The molecular weight excluding hydrogens is 256 g/mol. The molecule has 0 radical (unpaired) electrons. The largest absolute Gasteiger partial charge is 0.345 e. The van der Waals surface area contributed by atoms with Crippen LogP contribution in [-0.2, 0) is 0 Å². The van der Waals surface area contributed by atoms with E-state index in [-0.39, 0.29) is 11.4 Å². The van der Waals surface area contributed by atoms with Gasteiger partial charge >= 0.3 is 0 Å². The third kappa shape index (κ3) is 2.80. The van der Waals surface area contributed by atoms with Crippen molar-refractivity contribution in [3.8, 4) is 0 Å². The molecule has 0 spiro atoms. The monoisotopic (exact) mass is 276 g/mol. The van der Waals surface area contributed by atoms with Gasteiger partial charge in [-0.2, -0.15) is 0 Å². The molecule has 0 aliphatic carbocycles. The van der Waals surface area contributed by atoms with E-state index >= 15 is 0 Å². The Hall–Kier alpha value is -1.39. The van der Waals surface area contributed by atoms with Crippen LogP contribution < -0.4 is 11.1 Å². The molecule has 0 fully saturated rings. The minimum absolute atomic E-state index is 0.0182. The highest BCUT2D eigenvalue weighted by Crippen LogP contribution is 2.26. The van der Waals surface area contributed by atoms with Gasteiger partial charge in [0.15, 0.2) is 0 Å². The van der Waals surface area contributed by atoms with Gasteiger partial charge in [0, 0.05) is 11.2 Å². The lowest BCUT2D eigenvalue weighted by molar-refractivity contribution is 0.0899. The van der Waals surface area contributed by atoms with Crippen molar-refractivity contribution in [1.29, 1.82) is 0 Å². The number of nitrogens with two attached hydrogens (primary N) is 1. The first-order chi connectivity index (χ1) is 9.14. The molecule has 0 atom stereocenters.